The summed E-state index contributed by atoms with van der Waals surface area (Å²) in [4.78, 5) is 43.7. The van der Waals surface area contributed by atoms with Crippen LogP contribution in [0.5, 0.6) is 0 Å². The highest BCUT2D eigenvalue weighted by Crippen LogP contribution is 2.39. The number of rotatable bonds is 10. The highest BCUT2D eigenvalue weighted by Gasteiger charge is 2.39. The van der Waals surface area contributed by atoms with Crippen molar-refractivity contribution in [2.24, 2.45) is 27.4 Å². The number of nitrogens with one attached hydrogen (secondary N) is 2. The van der Waals surface area contributed by atoms with Gasteiger partial charge in [-0.25, -0.2) is 14.8 Å². The van der Waals surface area contributed by atoms with Crippen molar-refractivity contribution in [3.8, 4) is 0 Å². The van der Waals surface area contributed by atoms with E-state index in [1.165, 1.54) is 11.8 Å². The first-order chi connectivity index (χ1) is 15.7. The number of thioether (sulfide) groups is 1. The van der Waals surface area contributed by atoms with Crippen molar-refractivity contribution >= 4 is 41.4 Å². The Morgan fingerprint density at radius 3 is 2.52 bits per heavy atom. The minimum absolute atomic E-state index is 0.140. The molecule has 33 heavy (non-hydrogen) atoms. The van der Waals surface area contributed by atoms with Crippen LogP contribution in [0.2, 0.25) is 0 Å². The van der Waals surface area contributed by atoms with Gasteiger partial charge in [0, 0.05) is 16.9 Å². The monoisotopic (exact) mass is 474 g/mol. The van der Waals surface area contributed by atoms with E-state index in [2.05, 4.69) is 27.5 Å². The van der Waals surface area contributed by atoms with Crippen LogP contribution in [-0.4, -0.2) is 52.1 Å². The molecule has 0 fully saturated rings. The maximum atomic E-state index is 12.4. The van der Waals surface area contributed by atoms with E-state index in [4.69, 9.17) is 16.6 Å². The van der Waals surface area contributed by atoms with Crippen LogP contribution in [0, 0.1) is 5.92 Å². The molecule has 0 saturated heterocycles. The van der Waals surface area contributed by atoms with Gasteiger partial charge in [-0.05, 0) is 42.7 Å². The quantitative estimate of drug-likeness (QED) is 0.288. The van der Waals surface area contributed by atoms with Crippen molar-refractivity contribution in [3.05, 3.63) is 40.4 Å². The second-order valence-corrected chi connectivity index (χ2v) is 8.70. The molecule has 176 valence electrons. The highest BCUT2D eigenvalue weighted by atomic mass is 32.2. The van der Waals surface area contributed by atoms with E-state index in [0.29, 0.717) is 5.84 Å². The van der Waals surface area contributed by atoms with Crippen LogP contribution in [0.1, 0.15) is 43.0 Å². The molecule has 3 atom stereocenters. The SMILES string of the molecule is CCCC1=C(Sc2ccc(C(=O)NC(CCC(=O)O)C(=O)O)cc2)NC2N=C(N)N=C(N)C12. The fraction of sp³-hybridized carbons (Fsp3) is 0.381. The first-order valence-corrected chi connectivity index (χ1v) is 11.2. The lowest BCUT2D eigenvalue weighted by Crippen LogP contribution is -2.41. The molecule has 2 aliphatic rings. The number of nitrogens with zero attached hydrogens (tertiary/aromatic N) is 2. The lowest BCUT2D eigenvalue weighted by molar-refractivity contribution is -0.140. The molecule has 0 aromatic heterocycles. The molecule has 1 aromatic rings. The Hall–Kier alpha value is -3.54. The zero-order chi connectivity index (χ0) is 24.1. The fourth-order valence-corrected chi connectivity index (χ4v) is 4.70. The third kappa shape index (κ3) is 5.83. The molecule has 0 saturated carbocycles. The van der Waals surface area contributed by atoms with Gasteiger partial charge in [0.05, 0.1) is 10.9 Å². The summed E-state index contributed by atoms with van der Waals surface area (Å²) in [5, 5.41) is 24.6. The summed E-state index contributed by atoms with van der Waals surface area (Å²) in [5.41, 5.74) is 13.2. The van der Waals surface area contributed by atoms with E-state index in [1.807, 2.05) is 0 Å². The zero-order valence-electron chi connectivity index (χ0n) is 17.9. The Kier molecular flexibility index (Phi) is 7.59. The van der Waals surface area contributed by atoms with Gasteiger partial charge in [0.25, 0.3) is 5.91 Å². The van der Waals surface area contributed by atoms with Crippen LogP contribution in [0.4, 0.5) is 0 Å². The number of benzene rings is 1. The molecule has 1 aromatic carbocycles. The predicted molar refractivity (Wildman–Crippen MR) is 124 cm³/mol. The maximum absolute atomic E-state index is 12.4. The molecule has 3 unspecified atom stereocenters. The molecule has 2 aliphatic heterocycles. The number of carboxylic acid groups (broad SMARTS) is 2. The highest BCUT2D eigenvalue weighted by molar-refractivity contribution is 8.03. The Balaban J connectivity index is 1.71. The predicted octanol–water partition coefficient (Wildman–Crippen LogP) is 1.07. The number of carbonyl (C=O) groups excluding carboxylic acids is 1. The topological polar surface area (TPSA) is 192 Å². The number of amidine groups is 1. The number of aliphatic imine (C=N–C) groups is 2. The number of guanidine groups is 1. The summed E-state index contributed by atoms with van der Waals surface area (Å²) >= 11 is 1.48. The number of nitrogens with two attached hydrogens (primary N) is 2. The fourth-order valence-electron chi connectivity index (χ4n) is 3.65. The zero-order valence-corrected chi connectivity index (χ0v) is 18.8. The van der Waals surface area contributed by atoms with Gasteiger partial charge < -0.3 is 32.3 Å². The molecule has 11 nitrogen and oxygen atoms in total. The van der Waals surface area contributed by atoms with Crippen molar-refractivity contribution in [2.45, 2.75) is 49.7 Å². The van der Waals surface area contributed by atoms with Gasteiger partial charge in [0.1, 0.15) is 18.0 Å². The van der Waals surface area contributed by atoms with E-state index in [1.54, 1.807) is 24.3 Å². The Labute approximate surface area is 194 Å². The Bertz CT molecular complexity index is 1040. The van der Waals surface area contributed by atoms with Crippen LogP contribution in [0.3, 0.4) is 0 Å². The molecular weight excluding hydrogens is 448 g/mol. The summed E-state index contributed by atoms with van der Waals surface area (Å²) in [6.45, 7) is 2.07. The lowest BCUT2D eigenvalue weighted by Gasteiger charge is -2.22. The molecule has 0 spiro atoms. The van der Waals surface area contributed by atoms with Crippen molar-refractivity contribution in [3.63, 3.8) is 0 Å². The van der Waals surface area contributed by atoms with Crippen molar-refractivity contribution < 1.29 is 24.6 Å². The summed E-state index contributed by atoms with van der Waals surface area (Å²) in [5.74, 6) is -2.58. The second kappa shape index (κ2) is 10.4. The van der Waals surface area contributed by atoms with Crippen LogP contribution in [0.25, 0.3) is 0 Å². The minimum Gasteiger partial charge on any atom is -0.481 e. The molecule has 0 bridgehead atoms. The van der Waals surface area contributed by atoms with E-state index in [-0.39, 0.29) is 36.4 Å². The van der Waals surface area contributed by atoms with Crippen molar-refractivity contribution in [1.82, 2.24) is 10.6 Å². The van der Waals surface area contributed by atoms with Gasteiger partial charge >= 0.3 is 11.9 Å². The van der Waals surface area contributed by atoms with E-state index in [0.717, 1.165) is 28.3 Å². The van der Waals surface area contributed by atoms with Crippen molar-refractivity contribution in [1.29, 1.82) is 0 Å². The average Bonchev–Trinajstić information content (AvgIpc) is 3.08. The second-order valence-electron chi connectivity index (χ2n) is 7.62. The standard InChI is InChI=1S/C21H26N6O5S/c1-2-3-12-15-16(22)25-21(23)27-17(15)26-19(12)33-11-6-4-10(5-7-11)18(30)24-13(20(31)32)8-9-14(28)29/h4-7,13,15,17,26H,2-3,8-9H2,1H3,(H,24,30)(H,28,29)(H,31,32)(H4,22,23,25,27). The molecule has 1 amide bonds. The van der Waals surface area contributed by atoms with Crippen LogP contribution >= 0.6 is 11.8 Å². The van der Waals surface area contributed by atoms with Crippen LogP contribution < -0.4 is 22.1 Å². The summed E-state index contributed by atoms with van der Waals surface area (Å²) in [6, 6.07) is 5.39. The normalized spacial score (nSPS) is 20.3. The van der Waals surface area contributed by atoms with Gasteiger partial charge in [-0.3, -0.25) is 9.59 Å². The number of aliphatic carboxylic acids is 2. The molecule has 0 aliphatic carbocycles. The van der Waals surface area contributed by atoms with Crippen LogP contribution in [0.15, 0.2) is 49.7 Å². The largest absolute Gasteiger partial charge is 0.481 e. The van der Waals surface area contributed by atoms with Gasteiger partial charge in [-0.2, -0.15) is 0 Å². The molecule has 8 N–H and O–H groups in total. The number of fused-ring (bicyclic) bond motifs is 1. The van der Waals surface area contributed by atoms with Gasteiger partial charge in [-0.1, -0.05) is 25.1 Å². The smallest absolute Gasteiger partial charge is 0.326 e. The first-order valence-electron chi connectivity index (χ1n) is 10.4. The van der Waals surface area contributed by atoms with E-state index < -0.39 is 23.9 Å². The summed E-state index contributed by atoms with van der Waals surface area (Å²) < 4.78 is 0. The Morgan fingerprint density at radius 1 is 1.21 bits per heavy atom. The van der Waals surface area contributed by atoms with E-state index >= 15 is 0 Å². The molecular formula is C21H26N6O5S. The van der Waals surface area contributed by atoms with Crippen molar-refractivity contribution in [2.75, 3.05) is 0 Å². The number of amides is 1. The molecule has 12 heteroatoms. The van der Waals surface area contributed by atoms with Gasteiger partial charge in [-0.15, -0.1) is 0 Å². The van der Waals surface area contributed by atoms with Gasteiger partial charge in [0.15, 0.2) is 0 Å². The van der Waals surface area contributed by atoms with E-state index in [9.17, 15) is 19.5 Å². The maximum Gasteiger partial charge on any atom is 0.326 e. The molecule has 2 heterocycles. The Morgan fingerprint density at radius 2 is 1.91 bits per heavy atom. The summed E-state index contributed by atoms with van der Waals surface area (Å²) in [7, 11) is 0. The third-order valence-corrected chi connectivity index (χ3v) is 6.29. The molecule has 0 radical (unpaired) electrons. The number of hydrogen-bond donors (Lipinski definition) is 6. The first kappa shape index (κ1) is 24.1. The number of carbonyl (C=O) groups is 3. The van der Waals surface area contributed by atoms with Gasteiger partial charge in [0.2, 0.25) is 5.96 Å². The third-order valence-electron chi connectivity index (χ3n) is 5.20. The minimum atomic E-state index is -1.29. The lowest BCUT2D eigenvalue weighted by atomic mass is 9.94. The number of carboxylic acids is 2. The summed E-state index contributed by atoms with van der Waals surface area (Å²) in [6.07, 6.45) is 0.877. The molecule has 3 rings (SSSR count). The number of hydrogen-bond acceptors (Lipinski definition) is 9. The van der Waals surface area contributed by atoms with Crippen LogP contribution in [-0.2, 0) is 9.59 Å². The average molecular weight is 475 g/mol.